The topological polar surface area (TPSA) is 74.8 Å². The summed E-state index contributed by atoms with van der Waals surface area (Å²) in [5.74, 6) is 5.94. The van der Waals surface area contributed by atoms with Gasteiger partial charge in [0, 0.05) is 18.6 Å². The van der Waals surface area contributed by atoms with Gasteiger partial charge in [0.1, 0.15) is 0 Å². The normalized spacial score (nSPS) is 19.7. The van der Waals surface area contributed by atoms with Gasteiger partial charge in [-0.3, -0.25) is 0 Å². The lowest BCUT2D eigenvalue weighted by Gasteiger charge is -2.29. The van der Waals surface area contributed by atoms with Gasteiger partial charge < -0.3 is 0 Å². The van der Waals surface area contributed by atoms with Crippen molar-refractivity contribution in [3.05, 3.63) is 96.1 Å². The molecule has 2 aromatic carbocycles. The lowest BCUT2D eigenvalue weighted by Crippen LogP contribution is -2.40. The summed E-state index contributed by atoms with van der Waals surface area (Å²) in [4.78, 5) is 0.529. The third kappa shape index (κ3) is 7.41. The molecule has 212 valence electrons. The van der Waals surface area contributed by atoms with E-state index in [9.17, 15) is 16.8 Å². The number of aryl methyl sites for hydroxylation is 2. The first-order chi connectivity index (χ1) is 19.2. The van der Waals surface area contributed by atoms with Crippen molar-refractivity contribution in [2.75, 3.05) is 13.1 Å². The van der Waals surface area contributed by atoms with Crippen LogP contribution >= 0.6 is 0 Å². The Morgan fingerprint density at radius 1 is 0.750 bits per heavy atom. The maximum Gasteiger partial charge on any atom is 0.244 e. The van der Waals surface area contributed by atoms with Crippen molar-refractivity contribution in [3.63, 3.8) is 0 Å². The van der Waals surface area contributed by atoms with Gasteiger partial charge in [0.25, 0.3) is 0 Å². The van der Waals surface area contributed by atoms with Crippen molar-refractivity contribution in [2.45, 2.75) is 74.2 Å². The highest BCUT2D eigenvalue weighted by Crippen LogP contribution is 2.26. The fourth-order valence-corrected chi connectivity index (χ4v) is 8.03. The van der Waals surface area contributed by atoms with Crippen LogP contribution in [0.15, 0.2) is 94.8 Å². The van der Waals surface area contributed by atoms with E-state index in [1.54, 1.807) is 60.7 Å². The molecule has 8 heteroatoms. The Kier molecular flexibility index (Phi) is 10.2. The van der Waals surface area contributed by atoms with Gasteiger partial charge in [0.05, 0.1) is 16.3 Å². The van der Waals surface area contributed by atoms with E-state index in [0.717, 1.165) is 49.7 Å². The van der Waals surface area contributed by atoms with E-state index in [2.05, 4.69) is 11.8 Å². The molecule has 0 aliphatic heterocycles. The van der Waals surface area contributed by atoms with Crippen LogP contribution < -0.4 is 0 Å². The van der Waals surface area contributed by atoms with E-state index >= 15 is 0 Å². The lowest BCUT2D eigenvalue weighted by atomic mass is 10.0. The summed E-state index contributed by atoms with van der Waals surface area (Å²) in [5, 5.41) is 0. The minimum Gasteiger partial charge on any atom is -0.207 e. The number of hydrogen-bond acceptors (Lipinski definition) is 4. The second-order valence-electron chi connectivity index (χ2n) is 10.3. The summed E-state index contributed by atoms with van der Waals surface area (Å²) < 4.78 is 57.1. The van der Waals surface area contributed by atoms with E-state index < -0.39 is 20.0 Å². The summed E-state index contributed by atoms with van der Waals surface area (Å²) in [6.45, 7) is 4.08. The number of nitrogens with zero attached hydrogens (tertiary/aromatic N) is 2. The minimum atomic E-state index is -3.73. The fourth-order valence-electron chi connectivity index (χ4n) is 4.95. The molecular weight excluding hydrogens is 540 g/mol. The van der Waals surface area contributed by atoms with Crippen molar-refractivity contribution in [2.24, 2.45) is 0 Å². The summed E-state index contributed by atoms with van der Waals surface area (Å²) in [6, 6.07) is 13.3. The SMILES string of the molecule is Cc1ccc(S(=O)(=O)N(CC#C/C=C/CN(C2C=CCCC2)S(=O)(=O)c2ccc(C)cc2)C2C=CCCC2)cc1. The molecule has 0 spiro atoms. The van der Waals surface area contributed by atoms with Crippen LogP contribution in [0.5, 0.6) is 0 Å². The van der Waals surface area contributed by atoms with Crippen molar-refractivity contribution in [1.29, 1.82) is 0 Å². The van der Waals surface area contributed by atoms with Gasteiger partial charge in [0.15, 0.2) is 0 Å². The van der Waals surface area contributed by atoms with Gasteiger partial charge in [-0.2, -0.15) is 8.61 Å². The summed E-state index contributed by atoms with van der Waals surface area (Å²) >= 11 is 0. The largest absolute Gasteiger partial charge is 0.244 e. The molecule has 2 unspecified atom stereocenters. The molecular formula is C32H38N2O4S2. The molecule has 0 bridgehead atoms. The van der Waals surface area contributed by atoms with E-state index in [4.69, 9.17) is 0 Å². The average molecular weight is 579 g/mol. The molecule has 0 fully saturated rings. The van der Waals surface area contributed by atoms with Crippen LogP contribution in [0.25, 0.3) is 0 Å². The molecule has 0 amide bonds. The number of hydrogen-bond donors (Lipinski definition) is 0. The maximum atomic E-state index is 13.5. The molecule has 2 aliphatic rings. The Labute approximate surface area is 240 Å². The lowest BCUT2D eigenvalue weighted by molar-refractivity contribution is 0.361. The van der Waals surface area contributed by atoms with Crippen molar-refractivity contribution < 1.29 is 16.8 Å². The van der Waals surface area contributed by atoms with Crippen molar-refractivity contribution in [1.82, 2.24) is 8.61 Å². The molecule has 2 aromatic rings. The van der Waals surface area contributed by atoms with E-state index in [0.29, 0.717) is 0 Å². The zero-order valence-corrected chi connectivity index (χ0v) is 24.9. The Balaban J connectivity index is 1.51. The minimum absolute atomic E-state index is 0.0479. The Hall–Kier alpha value is -2.96. The Bertz CT molecular complexity index is 1510. The molecule has 0 aromatic heterocycles. The predicted molar refractivity (Wildman–Crippen MR) is 161 cm³/mol. The molecule has 0 saturated heterocycles. The smallest absolute Gasteiger partial charge is 0.207 e. The highest BCUT2D eigenvalue weighted by molar-refractivity contribution is 7.89. The highest BCUT2D eigenvalue weighted by Gasteiger charge is 2.31. The third-order valence-corrected chi connectivity index (χ3v) is 11.1. The van der Waals surface area contributed by atoms with E-state index in [1.165, 1.54) is 8.61 Å². The van der Waals surface area contributed by atoms with E-state index in [-0.39, 0.29) is 35.0 Å². The molecule has 2 atom stereocenters. The van der Waals surface area contributed by atoms with Gasteiger partial charge >= 0.3 is 0 Å². The third-order valence-electron chi connectivity index (χ3n) is 7.28. The van der Waals surface area contributed by atoms with Crippen LogP contribution in [0.1, 0.15) is 49.7 Å². The summed E-state index contributed by atoms with van der Waals surface area (Å²) in [6.07, 6.45) is 16.6. The average Bonchev–Trinajstić information content (AvgIpc) is 2.95. The van der Waals surface area contributed by atoms with Gasteiger partial charge in [-0.15, -0.1) is 0 Å². The van der Waals surface area contributed by atoms with Crippen LogP contribution in [-0.4, -0.2) is 50.6 Å². The molecule has 2 aliphatic carbocycles. The number of allylic oxidation sites excluding steroid dienone is 3. The maximum absolute atomic E-state index is 13.5. The van der Waals surface area contributed by atoms with Crippen molar-refractivity contribution in [3.8, 4) is 11.8 Å². The van der Waals surface area contributed by atoms with E-state index in [1.807, 2.05) is 38.2 Å². The summed E-state index contributed by atoms with van der Waals surface area (Å²) in [7, 11) is -7.43. The monoisotopic (exact) mass is 578 g/mol. The van der Waals surface area contributed by atoms with Gasteiger partial charge in [-0.1, -0.05) is 77.6 Å². The Morgan fingerprint density at radius 3 is 1.70 bits per heavy atom. The van der Waals surface area contributed by atoms with Crippen LogP contribution in [0, 0.1) is 25.7 Å². The zero-order valence-electron chi connectivity index (χ0n) is 23.2. The van der Waals surface area contributed by atoms with Gasteiger partial charge in [-0.25, -0.2) is 16.8 Å². The molecule has 40 heavy (non-hydrogen) atoms. The summed E-state index contributed by atoms with van der Waals surface area (Å²) in [5.41, 5.74) is 2.00. The molecule has 6 nitrogen and oxygen atoms in total. The van der Waals surface area contributed by atoms with Crippen molar-refractivity contribution >= 4 is 20.0 Å². The fraction of sp³-hybridized carbons (Fsp3) is 0.375. The van der Waals surface area contributed by atoms with Crippen LogP contribution in [0.2, 0.25) is 0 Å². The second-order valence-corrected chi connectivity index (χ2v) is 14.1. The van der Waals surface area contributed by atoms with Crippen LogP contribution in [-0.2, 0) is 20.0 Å². The number of benzene rings is 2. The molecule has 0 radical (unpaired) electrons. The number of sulfonamides is 2. The molecule has 0 N–H and O–H groups in total. The zero-order chi connectivity index (χ0) is 28.6. The first-order valence-electron chi connectivity index (χ1n) is 13.8. The quantitative estimate of drug-likeness (QED) is 0.280. The Morgan fingerprint density at radius 2 is 1.23 bits per heavy atom. The van der Waals surface area contributed by atoms with Crippen LogP contribution in [0.4, 0.5) is 0 Å². The number of rotatable bonds is 9. The second kappa shape index (κ2) is 13.6. The molecule has 4 rings (SSSR count). The molecule has 0 heterocycles. The predicted octanol–water partition coefficient (Wildman–Crippen LogP) is 5.76. The standard InChI is InChI=1S/C32H38N2O4S2/c1-27-17-21-31(22-18-27)39(35,36)33(29-13-7-5-8-14-29)25-11-3-4-12-26-34(30-15-9-6-10-16-30)40(37,38)32-23-19-28(2)20-24-32/h3,7,9,11,13,15,17-24,29-30H,5-6,8,10,14,16,25-26H2,1-2H3/b11-3+. The van der Waals surface area contributed by atoms with Gasteiger partial charge in [0.2, 0.25) is 20.0 Å². The first-order valence-corrected chi connectivity index (χ1v) is 16.7. The van der Waals surface area contributed by atoms with Crippen LogP contribution in [0.3, 0.4) is 0 Å². The van der Waals surface area contributed by atoms with Gasteiger partial charge in [-0.05, 0) is 82.7 Å². The first kappa shape index (κ1) is 30.0. The molecule has 0 saturated carbocycles. The highest BCUT2D eigenvalue weighted by atomic mass is 32.2.